The van der Waals surface area contributed by atoms with E-state index >= 15 is 0 Å². The van der Waals surface area contributed by atoms with Gasteiger partial charge >= 0.3 is 12.0 Å². The van der Waals surface area contributed by atoms with Crippen LogP contribution in [0, 0.1) is 6.92 Å². The van der Waals surface area contributed by atoms with E-state index in [0.29, 0.717) is 52.9 Å². The number of aryl methyl sites for hydroxylation is 3. The number of hydrogen-bond acceptors (Lipinski definition) is 12. The minimum atomic E-state index is -4.67. The summed E-state index contributed by atoms with van der Waals surface area (Å²) in [6.45, 7) is 1.98. The maximum atomic E-state index is 13.0. The van der Waals surface area contributed by atoms with E-state index in [4.69, 9.17) is 23.9 Å². The molecule has 0 aliphatic heterocycles. The van der Waals surface area contributed by atoms with Crippen LogP contribution in [0.3, 0.4) is 0 Å². The average molecular weight is 1030 g/mol. The summed E-state index contributed by atoms with van der Waals surface area (Å²) < 4.78 is 61.7. The summed E-state index contributed by atoms with van der Waals surface area (Å²) in [6, 6.07) is 69.1. The third-order valence-electron chi connectivity index (χ3n) is 13.0. The molecule has 3 N–H and O–H groups in total. The first kappa shape index (κ1) is 48.1. The van der Waals surface area contributed by atoms with Gasteiger partial charge in [-0.25, -0.2) is 0 Å². The van der Waals surface area contributed by atoms with Crippen molar-refractivity contribution in [3.63, 3.8) is 0 Å². The van der Waals surface area contributed by atoms with Crippen molar-refractivity contribution < 1.29 is 31.9 Å². The minimum Gasteiger partial charge on any atom is -0.439 e. The van der Waals surface area contributed by atoms with Gasteiger partial charge in [-0.1, -0.05) is 133 Å². The predicted octanol–water partition coefficient (Wildman–Crippen LogP) is 15.9. The van der Waals surface area contributed by atoms with Crippen LogP contribution in [-0.4, -0.2) is 32.9 Å². The summed E-state index contributed by atoms with van der Waals surface area (Å²) in [5.74, 6) is 3.39. The quantitative estimate of drug-likeness (QED) is 0.0783. The number of nitrogens with zero attached hydrogens (tertiary/aromatic N) is 4. The molecule has 14 heteroatoms. The lowest BCUT2D eigenvalue weighted by Crippen LogP contribution is -2.07. The predicted molar refractivity (Wildman–Crippen MR) is 302 cm³/mol. The van der Waals surface area contributed by atoms with E-state index in [0.717, 1.165) is 59.9 Å². The molecule has 13 nitrogen and oxygen atoms in total. The number of benzene rings is 10. The zero-order valence-electron chi connectivity index (χ0n) is 41.3. The zero-order chi connectivity index (χ0) is 52.3. The number of aromatic nitrogens is 4. The second kappa shape index (κ2) is 20.8. The summed E-state index contributed by atoms with van der Waals surface area (Å²) in [6.07, 6.45) is 0.778. The van der Waals surface area contributed by atoms with Crippen molar-refractivity contribution in [1.82, 2.24) is 19.9 Å². The number of fused-ring (bicyclic) bond motifs is 4. The molecule has 0 saturated heterocycles. The number of rotatable bonds is 16. The lowest BCUT2D eigenvalue weighted by atomic mass is 9.99. The van der Waals surface area contributed by atoms with Gasteiger partial charge in [-0.15, -0.1) is 0 Å². The average Bonchev–Trinajstić information content (AvgIpc) is 3.44. The van der Waals surface area contributed by atoms with E-state index in [-0.39, 0.29) is 34.5 Å². The Morgan fingerprint density at radius 2 is 0.753 bits per heavy atom. The molecule has 0 amide bonds. The molecule has 2 aromatic heterocycles. The Hall–Kier alpha value is -9.89. The monoisotopic (exact) mass is 1030 g/mol. The molecule has 0 atom stereocenters. The van der Waals surface area contributed by atoms with Crippen molar-refractivity contribution >= 4 is 76.2 Å². The van der Waals surface area contributed by atoms with Gasteiger partial charge in [-0.2, -0.15) is 28.4 Å². The molecule has 12 aromatic rings. The third-order valence-corrected chi connectivity index (χ3v) is 13.9. The van der Waals surface area contributed by atoms with E-state index < -0.39 is 10.1 Å². The van der Waals surface area contributed by atoms with Gasteiger partial charge < -0.3 is 29.6 Å². The van der Waals surface area contributed by atoms with Crippen LogP contribution in [0.4, 0.5) is 23.0 Å². The summed E-state index contributed by atoms with van der Waals surface area (Å²) in [5.41, 5.74) is 3.45. The van der Waals surface area contributed by atoms with Crippen molar-refractivity contribution in [2.75, 3.05) is 10.6 Å². The summed E-state index contributed by atoms with van der Waals surface area (Å²) in [7, 11) is -4.67. The molecule has 10 aromatic carbocycles. The molecular weight excluding hydrogens is 985 g/mol. The van der Waals surface area contributed by atoms with Crippen LogP contribution in [0.1, 0.15) is 16.7 Å². The lowest BCUT2D eigenvalue weighted by Gasteiger charge is -2.15. The molecule has 0 unspecified atom stereocenters. The highest BCUT2D eigenvalue weighted by Crippen LogP contribution is 2.34. The Balaban J connectivity index is 0.777. The van der Waals surface area contributed by atoms with Gasteiger partial charge in [0, 0.05) is 23.5 Å². The molecule has 0 fully saturated rings. The van der Waals surface area contributed by atoms with Crippen molar-refractivity contribution in [2.24, 2.45) is 0 Å². The fraction of sp³-hybridized carbons (Fsp3) is 0.0476. The SMILES string of the molecule is Cc1cc(Nc2cc(Oc3ccc4ccccc4c3)nc(Oc3ccc4ccccc4c3)n2)ccc1CCc1ccc(Nc2cc(Oc3ccc4ccccc4c3)nc(Oc3ccc4ccccc4c3)n2)cc1S(=O)(=O)O. The minimum absolute atomic E-state index is 0.00666. The van der Waals surface area contributed by atoms with Crippen LogP contribution in [0.2, 0.25) is 0 Å². The fourth-order valence-corrected chi connectivity index (χ4v) is 9.98. The summed E-state index contributed by atoms with van der Waals surface area (Å²) in [5, 5.41) is 14.9. The van der Waals surface area contributed by atoms with E-state index in [1.807, 2.05) is 195 Å². The molecule has 0 saturated carbocycles. The lowest BCUT2D eigenvalue weighted by molar-refractivity contribution is 0.412. The maximum Gasteiger partial charge on any atom is 0.327 e. The van der Waals surface area contributed by atoms with E-state index in [1.165, 1.54) is 6.07 Å². The highest BCUT2D eigenvalue weighted by molar-refractivity contribution is 7.85. The van der Waals surface area contributed by atoms with Crippen LogP contribution in [0.15, 0.2) is 223 Å². The van der Waals surface area contributed by atoms with E-state index in [1.54, 1.807) is 24.3 Å². The largest absolute Gasteiger partial charge is 0.439 e. The zero-order valence-corrected chi connectivity index (χ0v) is 42.1. The fourth-order valence-electron chi connectivity index (χ4n) is 9.21. The van der Waals surface area contributed by atoms with Crippen molar-refractivity contribution in [1.29, 1.82) is 0 Å². The molecular formula is C63H46N6O7S. The van der Waals surface area contributed by atoms with Crippen LogP contribution >= 0.6 is 0 Å². The molecule has 0 aliphatic carbocycles. The van der Waals surface area contributed by atoms with Crippen molar-refractivity contribution in [2.45, 2.75) is 24.7 Å². The van der Waals surface area contributed by atoms with E-state index in [9.17, 15) is 13.0 Å². The Morgan fingerprint density at radius 3 is 1.16 bits per heavy atom. The van der Waals surface area contributed by atoms with Gasteiger partial charge in [0.1, 0.15) is 34.6 Å². The van der Waals surface area contributed by atoms with Gasteiger partial charge in [0.15, 0.2) is 0 Å². The van der Waals surface area contributed by atoms with Crippen LogP contribution in [0.25, 0.3) is 43.1 Å². The molecule has 376 valence electrons. The second-order valence-corrected chi connectivity index (χ2v) is 19.8. The first-order valence-electron chi connectivity index (χ1n) is 24.7. The third kappa shape index (κ3) is 11.3. The molecule has 12 rings (SSSR count). The Morgan fingerprint density at radius 1 is 0.390 bits per heavy atom. The summed E-state index contributed by atoms with van der Waals surface area (Å²) in [4.78, 5) is 18.3. The van der Waals surface area contributed by atoms with Crippen LogP contribution in [0.5, 0.6) is 46.8 Å². The van der Waals surface area contributed by atoms with Gasteiger partial charge in [0.05, 0.1) is 4.90 Å². The van der Waals surface area contributed by atoms with Gasteiger partial charge in [-0.3, -0.25) is 4.55 Å². The molecule has 0 radical (unpaired) electrons. The smallest absolute Gasteiger partial charge is 0.327 e. The standard InChI is InChI=1S/C63H46N6O7S/c1-40-32-51(64-58-38-60(73-53-28-22-42-10-2-6-14-47(42)33-53)68-62(66-58)75-55-30-24-44-12-4-8-16-49(44)35-55)26-20-41(40)18-19-46-21-27-52(37-57(46)77(70,71)72)65-59-39-61(74-54-29-23-43-11-3-7-15-48(43)34-54)69-63(67-59)76-56-31-25-45-13-5-9-17-50(45)36-56/h2-17,20-39H,18-19H2,1H3,(H,64,66,68)(H,65,67,69)(H,70,71,72). The Labute approximate surface area is 443 Å². The first-order chi connectivity index (χ1) is 37.5. The van der Waals surface area contributed by atoms with Crippen molar-refractivity contribution in [3.05, 3.63) is 235 Å². The second-order valence-electron chi connectivity index (χ2n) is 18.4. The van der Waals surface area contributed by atoms with Crippen LogP contribution in [-0.2, 0) is 23.0 Å². The van der Waals surface area contributed by atoms with Gasteiger partial charge in [0.25, 0.3) is 10.1 Å². The molecule has 0 spiro atoms. The highest BCUT2D eigenvalue weighted by Gasteiger charge is 2.19. The first-order valence-corrected chi connectivity index (χ1v) is 26.2. The number of nitrogens with one attached hydrogen (secondary N) is 2. The molecule has 0 bridgehead atoms. The highest BCUT2D eigenvalue weighted by atomic mass is 32.2. The van der Waals surface area contributed by atoms with Gasteiger partial charge in [0.2, 0.25) is 11.8 Å². The topological polar surface area (TPSA) is 167 Å². The van der Waals surface area contributed by atoms with Crippen LogP contribution < -0.4 is 29.6 Å². The summed E-state index contributed by atoms with van der Waals surface area (Å²) >= 11 is 0. The Kier molecular flexibility index (Phi) is 13.0. The molecule has 0 aliphatic rings. The Bertz CT molecular complexity index is 4130. The molecule has 2 heterocycles. The number of ether oxygens (including phenoxy) is 4. The molecule has 77 heavy (non-hydrogen) atoms. The number of hydrogen-bond donors (Lipinski definition) is 3. The van der Waals surface area contributed by atoms with Gasteiger partial charge in [-0.05, 0) is 152 Å². The number of anilines is 4. The maximum absolute atomic E-state index is 13.0. The van der Waals surface area contributed by atoms with E-state index in [2.05, 4.69) is 25.6 Å². The van der Waals surface area contributed by atoms with Crippen molar-refractivity contribution in [3.8, 4) is 46.8 Å². The normalized spacial score (nSPS) is 11.5.